The van der Waals surface area contributed by atoms with Gasteiger partial charge in [-0.05, 0) is 93.0 Å². The summed E-state index contributed by atoms with van der Waals surface area (Å²) in [6.45, 7) is 9.91. The van der Waals surface area contributed by atoms with Crippen molar-refractivity contribution in [2.45, 2.75) is 167 Å². The van der Waals surface area contributed by atoms with Gasteiger partial charge in [-0.3, -0.25) is 57.7 Å². The van der Waals surface area contributed by atoms with Gasteiger partial charge < -0.3 is 89.5 Å². The topological polar surface area (TPSA) is 469 Å². The van der Waals surface area contributed by atoms with E-state index in [1.807, 2.05) is 19.9 Å². The van der Waals surface area contributed by atoms with Gasteiger partial charge in [0.1, 0.15) is 60.1 Å². The number of nitrogens with two attached hydrogens (primary N) is 2. The monoisotopic (exact) mass is 1270 g/mol. The number of rotatable bonds is 32. The molecule has 30 nitrogen and oxygen atoms in total. The number of aliphatic hydroxyl groups excluding tert-OH is 1. The summed E-state index contributed by atoms with van der Waals surface area (Å²) in [4.78, 5) is 164. The van der Waals surface area contributed by atoms with Crippen molar-refractivity contribution in [2.75, 3.05) is 26.2 Å². The molecule has 2 aliphatic heterocycles. The van der Waals surface area contributed by atoms with Crippen LogP contribution in [0.25, 0.3) is 10.9 Å². The number of nitrogens with zero attached hydrogens (tertiary/aromatic N) is 3. The van der Waals surface area contributed by atoms with Crippen molar-refractivity contribution in [1.82, 2.24) is 67.7 Å². The zero-order valence-corrected chi connectivity index (χ0v) is 52.1. The lowest BCUT2D eigenvalue weighted by Crippen LogP contribution is -2.61. The Kier molecular flexibility index (Phi) is 28.2. The molecule has 30 heteroatoms. The van der Waals surface area contributed by atoms with Gasteiger partial charge >= 0.3 is 0 Å². The number of nitrogens with one attached hydrogen (secondary N) is 11. The Labute approximate surface area is 526 Å². The molecule has 6 rings (SSSR count). The maximum Gasteiger partial charge on any atom is 0.300 e. The molecule has 2 saturated heterocycles. The van der Waals surface area contributed by atoms with Crippen LogP contribution in [0.5, 0.6) is 5.75 Å². The molecule has 2 aromatic heterocycles. The summed E-state index contributed by atoms with van der Waals surface area (Å²) in [6.07, 6.45) is 5.80. The van der Waals surface area contributed by atoms with Crippen molar-refractivity contribution in [3.8, 4) is 5.75 Å². The van der Waals surface area contributed by atoms with Gasteiger partial charge in [-0.15, -0.1) is 0 Å². The first-order valence-corrected chi connectivity index (χ1v) is 30.4. The number of aliphatic imine (C=N–C) groups is 1. The van der Waals surface area contributed by atoms with Gasteiger partial charge in [-0.1, -0.05) is 58.0 Å². The molecular formula is C61H88N16O14. The molecule has 2 aliphatic rings. The Morgan fingerprint density at radius 2 is 1.25 bits per heavy atom. The number of phenolic OH excluding ortho intramolecular Hbond substituents is 1. The highest BCUT2D eigenvalue weighted by Gasteiger charge is 2.40. The van der Waals surface area contributed by atoms with E-state index in [2.05, 4.69) is 67.8 Å². The number of aromatic hydroxyl groups is 1. The zero-order chi connectivity index (χ0) is 66.9. The molecule has 0 spiro atoms. The number of H-pyrrole nitrogens is 2. The van der Waals surface area contributed by atoms with Crippen LogP contribution in [0.1, 0.15) is 110 Å². The number of aliphatic carboxylic acids is 1. The predicted molar refractivity (Wildman–Crippen MR) is 333 cm³/mol. The van der Waals surface area contributed by atoms with Crippen LogP contribution in [-0.4, -0.2) is 187 Å². The third-order valence-corrected chi connectivity index (χ3v) is 14.9. The van der Waals surface area contributed by atoms with Crippen LogP contribution in [0, 0.1) is 11.8 Å². The normalized spacial score (nSPS) is 16.7. The second-order valence-corrected chi connectivity index (χ2v) is 23.3. The Balaban J connectivity index is 0.00000365. The molecule has 2 aromatic carbocycles. The van der Waals surface area contributed by atoms with Crippen LogP contribution < -0.4 is 59.3 Å². The molecular weight excluding hydrogens is 1180 g/mol. The van der Waals surface area contributed by atoms with Gasteiger partial charge in [0.25, 0.3) is 5.97 Å². The van der Waals surface area contributed by atoms with Crippen molar-refractivity contribution in [1.29, 1.82) is 0 Å². The average molecular weight is 1270 g/mol. The summed E-state index contributed by atoms with van der Waals surface area (Å²) in [5.41, 5.74) is 13.3. The zero-order valence-electron chi connectivity index (χ0n) is 52.1. The van der Waals surface area contributed by atoms with E-state index in [0.29, 0.717) is 41.6 Å². The number of aromatic amines is 2. The molecule has 2 fully saturated rings. The maximum absolute atomic E-state index is 14.7. The number of phenols is 1. The smallest absolute Gasteiger partial charge is 0.300 e. The number of fused-ring (bicyclic) bond motifs is 1. The summed E-state index contributed by atoms with van der Waals surface area (Å²) >= 11 is 0. The minimum Gasteiger partial charge on any atom is -0.508 e. The van der Waals surface area contributed by atoms with E-state index < -0.39 is 114 Å². The highest BCUT2D eigenvalue weighted by molar-refractivity contribution is 5.99. The van der Waals surface area contributed by atoms with Gasteiger partial charge in [0.05, 0.1) is 12.9 Å². The van der Waals surface area contributed by atoms with Crippen molar-refractivity contribution >= 4 is 81.9 Å². The lowest BCUT2D eigenvalue weighted by Gasteiger charge is -2.31. The van der Waals surface area contributed by atoms with Crippen LogP contribution in [0.3, 0.4) is 0 Å². The number of likely N-dealkylation sites (tertiary alicyclic amines) is 1. The van der Waals surface area contributed by atoms with E-state index in [4.69, 9.17) is 21.4 Å². The average Bonchev–Trinajstić information content (AvgIpc) is 2.04. The van der Waals surface area contributed by atoms with E-state index in [0.717, 1.165) is 12.4 Å². The van der Waals surface area contributed by atoms with E-state index in [1.54, 1.807) is 45.2 Å². The van der Waals surface area contributed by atoms with Crippen molar-refractivity contribution in [3.05, 3.63) is 84.1 Å². The number of carbonyl (C=O) groups is 11. The molecule has 4 aromatic rings. The summed E-state index contributed by atoms with van der Waals surface area (Å²) < 4.78 is 0. The number of aromatic nitrogens is 3. The molecule has 0 bridgehead atoms. The van der Waals surface area contributed by atoms with Gasteiger partial charge in [-0.25, -0.2) is 4.98 Å². The predicted octanol–water partition coefficient (Wildman–Crippen LogP) is -1.35. The van der Waals surface area contributed by atoms with Crippen LogP contribution in [0.15, 0.2) is 72.2 Å². The first-order chi connectivity index (χ1) is 43.3. The molecule has 91 heavy (non-hydrogen) atoms. The minimum absolute atomic E-state index is 0.0397. The van der Waals surface area contributed by atoms with Crippen molar-refractivity contribution < 1.29 is 68.1 Å². The highest BCUT2D eigenvalue weighted by atomic mass is 16.4. The molecule has 18 N–H and O–H groups in total. The Morgan fingerprint density at radius 3 is 1.80 bits per heavy atom. The Bertz CT molecular complexity index is 3160. The fourth-order valence-corrected chi connectivity index (χ4v) is 10.5. The summed E-state index contributed by atoms with van der Waals surface area (Å²) in [5.74, 6) is -8.39. The van der Waals surface area contributed by atoms with Crippen LogP contribution in [-0.2, 0) is 72.0 Å². The standard InChI is InChI=1S/C59H84N16O12.C2H4O2/c1-6-63-57(86)48-14-10-22-75(48)58(87)41(13-9-21-64-59(60)61)68-51(80)42(23-32(2)3)69-52(81)43(24-33(4)5)70-53(82)44(25-34-15-17-37(77)18-16-34)71-56(85)47(30-76)74-54(83)45(26-35-28-65-39-12-8-7-11-38(35)39)72-55(84)46(27-36-29-62-31-66-36)73-50(79)40-19-20-49(78)67-40;1-2(3)4/h7-8,11-12,15-18,28-29,31-33,40-48,65,76-77H,6,9-10,13-14,19-27,30H2,1-5H3,(H,62,66)(H,63,86)(H,67,78)(H,68,80)(H,69,81)(H,70,82)(H,71,85)(H,72,84)(H,73,79)(H,74,83)(H4,60,61,64);1H3,(H,3,4)/t40?,41?,42-,43+,44+,45+,46+,47+,48+;/m1./s1. The molecule has 0 saturated carbocycles. The largest absolute Gasteiger partial charge is 0.508 e. The van der Waals surface area contributed by atoms with E-state index in [-0.39, 0.29) is 106 Å². The SMILES string of the molecule is CC(=O)O.CCNC(=O)[C@@H]1CCCN1C(=O)C(CCCN=C(N)N)NC(=O)[C@@H](CC(C)C)NC(=O)[C@H](CC(C)C)NC(=O)[C@H](Cc1ccc(O)cc1)NC(=O)[C@H](CO)NC(=O)[C@H](Cc1c[nH]c2ccccc12)NC(=O)[C@H](Cc1cnc[nH]1)NC(=O)C1CCC(=O)N1. The number of carboxylic acid groups (broad SMARTS) is 1. The molecule has 10 amide bonds. The number of guanidine groups is 1. The quantitative estimate of drug-likeness (QED) is 0.0153. The summed E-state index contributed by atoms with van der Waals surface area (Å²) in [7, 11) is 0. The fourth-order valence-electron chi connectivity index (χ4n) is 10.5. The highest BCUT2D eigenvalue weighted by Crippen LogP contribution is 2.22. The van der Waals surface area contributed by atoms with Gasteiger partial charge in [-0.2, -0.15) is 0 Å². The van der Waals surface area contributed by atoms with Crippen LogP contribution in [0.4, 0.5) is 0 Å². The molecule has 0 radical (unpaired) electrons. The molecule has 496 valence electrons. The first-order valence-electron chi connectivity index (χ1n) is 30.4. The van der Waals surface area contributed by atoms with E-state index in [9.17, 15) is 58.2 Å². The lowest BCUT2D eigenvalue weighted by molar-refractivity contribution is -0.142. The second-order valence-electron chi connectivity index (χ2n) is 23.3. The number of carbonyl (C=O) groups excluding carboxylic acids is 10. The van der Waals surface area contributed by atoms with Crippen molar-refractivity contribution in [3.63, 3.8) is 0 Å². The third kappa shape index (κ3) is 23.1. The van der Waals surface area contributed by atoms with Crippen molar-refractivity contribution in [2.24, 2.45) is 28.3 Å². The number of hydrogen-bond acceptors (Lipinski definition) is 15. The van der Waals surface area contributed by atoms with Crippen LogP contribution >= 0.6 is 0 Å². The molecule has 9 atom stereocenters. The molecule has 2 unspecified atom stereocenters. The number of para-hydroxylation sites is 1. The minimum atomic E-state index is -1.75. The number of likely N-dealkylation sites (N-methyl/N-ethyl adjacent to an activating group) is 1. The summed E-state index contributed by atoms with van der Waals surface area (Å²) in [5, 5.41) is 53.3. The molecule has 0 aliphatic carbocycles. The number of aliphatic hydroxyl groups is 1. The van der Waals surface area contributed by atoms with Gasteiger partial charge in [0, 0.05) is 81.2 Å². The number of amides is 10. The third-order valence-electron chi connectivity index (χ3n) is 14.9. The van der Waals surface area contributed by atoms with E-state index in [1.165, 1.54) is 41.7 Å². The number of benzene rings is 2. The summed E-state index contributed by atoms with van der Waals surface area (Å²) in [6, 6.07) is 1.58. The fraction of sp³-hybridized carbons (Fsp3) is 0.525. The number of imidazole rings is 1. The lowest BCUT2D eigenvalue weighted by atomic mass is 9.98. The maximum atomic E-state index is 14.7. The van der Waals surface area contributed by atoms with Gasteiger partial charge in [0.15, 0.2) is 5.96 Å². The second kappa shape index (κ2) is 35.5. The van der Waals surface area contributed by atoms with Crippen LogP contribution in [0.2, 0.25) is 0 Å². The number of hydrogen-bond donors (Lipinski definition) is 16. The Hall–Kier alpha value is -9.61. The first kappa shape index (κ1) is 72.1. The Morgan fingerprint density at radius 1 is 0.703 bits per heavy atom. The number of carboxylic acids is 1. The van der Waals surface area contributed by atoms with E-state index >= 15 is 0 Å². The molecule has 4 heterocycles. The van der Waals surface area contributed by atoms with Gasteiger partial charge in [0.2, 0.25) is 59.1 Å².